The second kappa shape index (κ2) is 6.91. The molecule has 1 aromatic carbocycles. The number of hydrogen-bond acceptors (Lipinski definition) is 4. The van der Waals surface area contributed by atoms with Gasteiger partial charge in [-0.1, -0.05) is 19.9 Å². The van der Waals surface area contributed by atoms with Gasteiger partial charge < -0.3 is 10.3 Å². The number of pyridine rings is 2. The van der Waals surface area contributed by atoms with E-state index in [4.69, 9.17) is 0 Å². The third-order valence-electron chi connectivity index (χ3n) is 4.84. The molecule has 0 saturated carbocycles. The van der Waals surface area contributed by atoms with E-state index in [1.165, 1.54) is 20.0 Å². The minimum absolute atomic E-state index is 0.0882. The molecule has 0 unspecified atom stereocenters. The molecular weight excluding hydrogens is 383 g/mol. The Labute approximate surface area is 163 Å². The number of H-pyrrole nitrogens is 2. The lowest BCUT2D eigenvalue weighted by molar-refractivity contribution is -0.150. The number of halogens is 3. The molecule has 4 rings (SSSR count). The van der Waals surface area contributed by atoms with Crippen LogP contribution in [0.1, 0.15) is 13.8 Å². The van der Waals surface area contributed by atoms with Gasteiger partial charge in [-0.15, -0.1) is 0 Å². The van der Waals surface area contributed by atoms with Crippen LogP contribution in [0.15, 0.2) is 47.5 Å². The average molecular weight is 401 g/mol. The smallest absolute Gasteiger partial charge is 0.358 e. The van der Waals surface area contributed by atoms with Crippen LogP contribution in [0.5, 0.6) is 0 Å². The summed E-state index contributed by atoms with van der Waals surface area (Å²) in [6.07, 6.45) is -1.42. The maximum absolute atomic E-state index is 13.5. The van der Waals surface area contributed by atoms with E-state index in [2.05, 4.69) is 25.5 Å². The highest BCUT2D eigenvalue weighted by atomic mass is 19.4. The SMILES string of the molecule is CC(C)[C@@H](Nc1nc2cc[nH]c(=O)c2c2cc(-c3ccn[nH]3)ccc12)C(F)(F)F. The molecule has 0 aliphatic carbocycles. The molecule has 0 aliphatic heterocycles. The maximum atomic E-state index is 13.5. The molecule has 29 heavy (non-hydrogen) atoms. The van der Waals surface area contributed by atoms with E-state index in [1.54, 1.807) is 36.5 Å². The minimum atomic E-state index is -4.44. The third-order valence-corrected chi connectivity index (χ3v) is 4.84. The number of fused-ring (bicyclic) bond motifs is 3. The van der Waals surface area contributed by atoms with Gasteiger partial charge in [0.25, 0.3) is 5.56 Å². The Balaban J connectivity index is 1.99. The zero-order chi connectivity index (χ0) is 20.8. The standard InChI is InChI=1S/C20H18F3N5O/c1-10(2)17(20(21,22)23)27-18-12-4-3-11(14-6-8-25-28-14)9-13(12)16-15(26-18)5-7-24-19(16)29/h3-10,17H,1-2H3,(H,24,29)(H,25,28)(H,26,27)/t17-/m1/s1. The van der Waals surface area contributed by atoms with E-state index >= 15 is 0 Å². The molecular formula is C20H18F3N5O. The van der Waals surface area contributed by atoms with Crippen molar-refractivity contribution in [1.82, 2.24) is 20.2 Å². The first-order valence-corrected chi connectivity index (χ1v) is 9.04. The van der Waals surface area contributed by atoms with E-state index in [9.17, 15) is 18.0 Å². The summed E-state index contributed by atoms with van der Waals surface area (Å²) in [6, 6.07) is 6.74. The molecule has 9 heteroatoms. The van der Waals surface area contributed by atoms with E-state index in [0.717, 1.165) is 11.3 Å². The van der Waals surface area contributed by atoms with Crippen LogP contribution in [-0.4, -0.2) is 32.4 Å². The highest BCUT2D eigenvalue weighted by Gasteiger charge is 2.42. The van der Waals surface area contributed by atoms with Crippen molar-refractivity contribution in [3.63, 3.8) is 0 Å². The maximum Gasteiger partial charge on any atom is 0.408 e. The lowest BCUT2D eigenvalue weighted by atomic mass is 10.0. The highest BCUT2D eigenvalue weighted by Crippen LogP contribution is 2.34. The van der Waals surface area contributed by atoms with E-state index < -0.39 is 18.1 Å². The Bertz CT molecular complexity index is 1230. The largest absolute Gasteiger partial charge is 0.408 e. The molecule has 0 amide bonds. The van der Waals surface area contributed by atoms with Crippen molar-refractivity contribution < 1.29 is 13.2 Å². The summed E-state index contributed by atoms with van der Waals surface area (Å²) in [5.41, 5.74) is 1.45. The third kappa shape index (κ3) is 3.43. The normalized spacial score (nSPS) is 13.3. The van der Waals surface area contributed by atoms with Crippen LogP contribution in [0.25, 0.3) is 32.9 Å². The molecule has 150 valence electrons. The van der Waals surface area contributed by atoms with Gasteiger partial charge in [0.15, 0.2) is 0 Å². The van der Waals surface area contributed by atoms with Crippen LogP contribution in [-0.2, 0) is 0 Å². The fraction of sp³-hybridized carbons (Fsp3) is 0.250. The van der Waals surface area contributed by atoms with E-state index in [0.29, 0.717) is 21.7 Å². The van der Waals surface area contributed by atoms with Gasteiger partial charge in [-0.25, -0.2) is 4.98 Å². The summed E-state index contributed by atoms with van der Waals surface area (Å²) in [5.74, 6) is -0.615. The van der Waals surface area contributed by atoms with Gasteiger partial charge in [0.05, 0.1) is 16.6 Å². The number of alkyl halides is 3. The number of benzene rings is 1. The van der Waals surface area contributed by atoms with Crippen molar-refractivity contribution in [3.05, 3.63) is 53.1 Å². The Morgan fingerprint density at radius 3 is 2.55 bits per heavy atom. The molecule has 0 aliphatic rings. The van der Waals surface area contributed by atoms with Gasteiger partial charge >= 0.3 is 6.18 Å². The molecule has 4 aromatic rings. The molecule has 3 aromatic heterocycles. The number of anilines is 1. The fourth-order valence-corrected chi connectivity index (χ4v) is 3.43. The predicted molar refractivity (Wildman–Crippen MR) is 106 cm³/mol. The summed E-state index contributed by atoms with van der Waals surface area (Å²) in [4.78, 5) is 19.4. The van der Waals surface area contributed by atoms with Gasteiger partial charge in [-0.2, -0.15) is 18.3 Å². The Kier molecular flexibility index (Phi) is 4.52. The highest BCUT2D eigenvalue weighted by molar-refractivity contribution is 6.10. The van der Waals surface area contributed by atoms with Crippen molar-refractivity contribution in [2.24, 2.45) is 5.92 Å². The summed E-state index contributed by atoms with van der Waals surface area (Å²) in [6.45, 7) is 2.99. The number of aromatic nitrogens is 4. The molecule has 3 N–H and O–H groups in total. The van der Waals surface area contributed by atoms with Crippen molar-refractivity contribution in [2.75, 3.05) is 5.32 Å². The summed E-state index contributed by atoms with van der Waals surface area (Å²) >= 11 is 0. The van der Waals surface area contributed by atoms with Crippen LogP contribution in [0.4, 0.5) is 19.0 Å². The number of nitrogens with one attached hydrogen (secondary N) is 3. The number of rotatable bonds is 4. The van der Waals surface area contributed by atoms with Crippen LogP contribution in [0, 0.1) is 5.92 Å². The Hall–Kier alpha value is -3.36. The predicted octanol–water partition coefficient (Wildman–Crippen LogP) is 4.47. The molecule has 0 saturated heterocycles. The first-order valence-electron chi connectivity index (χ1n) is 9.04. The van der Waals surface area contributed by atoms with Gasteiger partial charge in [-0.3, -0.25) is 9.89 Å². The quantitative estimate of drug-likeness (QED) is 0.441. The lowest BCUT2D eigenvalue weighted by Gasteiger charge is -2.26. The first kappa shape index (κ1) is 19.0. The van der Waals surface area contributed by atoms with Gasteiger partial charge in [-0.05, 0) is 30.2 Å². The van der Waals surface area contributed by atoms with Crippen molar-refractivity contribution in [1.29, 1.82) is 0 Å². The van der Waals surface area contributed by atoms with Gasteiger partial charge in [0.1, 0.15) is 11.9 Å². The second-order valence-electron chi connectivity index (χ2n) is 7.17. The molecule has 3 heterocycles. The topological polar surface area (TPSA) is 86.5 Å². The van der Waals surface area contributed by atoms with Gasteiger partial charge in [0, 0.05) is 28.7 Å². The zero-order valence-electron chi connectivity index (χ0n) is 15.6. The van der Waals surface area contributed by atoms with Crippen molar-refractivity contribution in [3.8, 4) is 11.3 Å². The molecule has 0 bridgehead atoms. The van der Waals surface area contributed by atoms with Crippen molar-refractivity contribution in [2.45, 2.75) is 26.1 Å². The van der Waals surface area contributed by atoms with E-state index in [-0.39, 0.29) is 11.4 Å². The fourth-order valence-electron chi connectivity index (χ4n) is 3.43. The van der Waals surface area contributed by atoms with E-state index in [1.807, 2.05) is 0 Å². The van der Waals surface area contributed by atoms with Crippen LogP contribution in [0.3, 0.4) is 0 Å². The molecule has 6 nitrogen and oxygen atoms in total. The lowest BCUT2D eigenvalue weighted by Crippen LogP contribution is -2.40. The molecule has 0 radical (unpaired) electrons. The zero-order valence-corrected chi connectivity index (χ0v) is 15.6. The summed E-state index contributed by atoms with van der Waals surface area (Å²) in [5, 5.41) is 10.6. The Morgan fingerprint density at radius 1 is 1.10 bits per heavy atom. The average Bonchev–Trinajstić information content (AvgIpc) is 3.19. The van der Waals surface area contributed by atoms with Crippen LogP contribution >= 0.6 is 0 Å². The monoisotopic (exact) mass is 401 g/mol. The summed E-state index contributed by atoms with van der Waals surface area (Å²) in [7, 11) is 0. The number of aromatic amines is 2. The van der Waals surface area contributed by atoms with Crippen LogP contribution in [0.2, 0.25) is 0 Å². The number of hydrogen-bond donors (Lipinski definition) is 3. The van der Waals surface area contributed by atoms with Crippen molar-refractivity contribution >= 4 is 27.5 Å². The summed E-state index contributed by atoms with van der Waals surface area (Å²) < 4.78 is 40.6. The number of nitrogens with zero attached hydrogens (tertiary/aromatic N) is 2. The minimum Gasteiger partial charge on any atom is -0.358 e. The van der Waals surface area contributed by atoms with Crippen LogP contribution < -0.4 is 10.9 Å². The molecule has 0 fully saturated rings. The molecule has 1 atom stereocenters. The molecule has 0 spiro atoms. The second-order valence-corrected chi connectivity index (χ2v) is 7.17. The van der Waals surface area contributed by atoms with Gasteiger partial charge in [0.2, 0.25) is 0 Å². The Morgan fingerprint density at radius 2 is 1.90 bits per heavy atom. The first-order chi connectivity index (χ1) is 13.8.